The van der Waals surface area contributed by atoms with Gasteiger partial charge in [0.25, 0.3) is 5.91 Å². The van der Waals surface area contributed by atoms with Crippen LogP contribution in [0.15, 0.2) is 46.9 Å². The molecule has 0 saturated carbocycles. The lowest BCUT2D eigenvalue weighted by atomic mass is 10.2. The fraction of sp³-hybridized carbons (Fsp3) is 0. The number of hydrogen-bond acceptors (Lipinski definition) is 1. The van der Waals surface area contributed by atoms with Crippen LogP contribution in [0.3, 0.4) is 0 Å². The Kier molecular flexibility index (Phi) is 4.27. The molecule has 0 spiro atoms. The Hall–Kier alpha value is -1.03. The third-order valence-corrected chi connectivity index (χ3v) is 3.77. The molecule has 1 N–H and O–H groups in total. The third kappa shape index (κ3) is 3.25. The van der Waals surface area contributed by atoms with Gasteiger partial charge >= 0.3 is 0 Å². The van der Waals surface area contributed by atoms with Gasteiger partial charge in [0, 0.05) is 20.7 Å². The fourth-order valence-corrected chi connectivity index (χ4v) is 1.93. The van der Waals surface area contributed by atoms with Crippen LogP contribution in [0, 0.1) is 0 Å². The van der Waals surface area contributed by atoms with E-state index in [1.807, 2.05) is 0 Å². The third-order valence-electron chi connectivity index (χ3n) is 2.28. The molecule has 0 fully saturated rings. The zero-order valence-corrected chi connectivity index (χ0v) is 12.2. The van der Waals surface area contributed by atoms with Gasteiger partial charge in [-0.1, -0.05) is 23.2 Å². The van der Waals surface area contributed by atoms with E-state index in [2.05, 4.69) is 21.2 Å². The average Bonchev–Trinajstić information content (AvgIpc) is 2.35. The Labute approximate surface area is 123 Å². The minimum absolute atomic E-state index is 0.216. The van der Waals surface area contributed by atoms with Crippen molar-refractivity contribution in [3.8, 4) is 0 Å². The number of carbonyl (C=O) groups is 1. The minimum Gasteiger partial charge on any atom is -0.322 e. The van der Waals surface area contributed by atoms with Gasteiger partial charge in [-0.3, -0.25) is 4.79 Å². The number of benzene rings is 2. The Morgan fingerprint density at radius 1 is 1.06 bits per heavy atom. The lowest BCUT2D eigenvalue weighted by molar-refractivity contribution is 0.102. The van der Waals surface area contributed by atoms with Crippen molar-refractivity contribution in [2.75, 3.05) is 5.32 Å². The molecule has 5 heteroatoms. The first-order chi connectivity index (χ1) is 8.56. The molecule has 1 amide bonds. The summed E-state index contributed by atoms with van der Waals surface area (Å²) >= 11 is 15.0. The van der Waals surface area contributed by atoms with Gasteiger partial charge in [-0.2, -0.15) is 0 Å². The summed E-state index contributed by atoms with van der Waals surface area (Å²) in [5.74, 6) is -0.216. The first kappa shape index (κ1) is 13.4. The van der Waals surface area contributed by atoms with Gasteiger partial charge in [0.05, 0.1) is 5.02 Å². The number of halogens is 3. The monoisotopic (exact) mass is 343 g/mol. The Morgan fingerprint density at radius 2 is 1.72 bits per heavy atom. The van der Waals surface area contributed by atoms with Crippen LogP contribution in [0.25, 0.3) is 0 Å². The smallest absolute Gasteiger partial charge is 0.255 e. The highest BCUT2D eigenvalue weighted by Crippen LogP contribution is 2.23. The molecule has 0 atom stereocenters. The van der Waals surface area contributed by atoms with E-state index in [0.717, 1.165) is 4.47 Å². The minimum atomic E-state index is -0.216. The Balaban J connectivity index is 2.16. The molecule has 0 unspecified atom stereocenters. The molecule has 2 nitrogen and oxygen atoms in total. The van der Waals surface area contributed by atoms with Gasteiger partial charge < -0.3 is 5.32 Å². The van der Waals surface area contributed by atoms with Crippen LogP contribution >= 0.6 is 39.1 Å². The average molecular weight is 345 g/mol. The van der Waals surface area contributed by atoms with E-state index < -0.39 is 0 Å². The van der Waals surface area contributed by atoms with Crippen LogP contribution in [-0.2, 0) is 0 Å². The highest BCUT2D eigenvalue weighted by Gasteiger charge is 2.08. The van der Waals surface area contributed by atoms with Crippen LogP contribution in [-0.4, -0.2) is 5.91 Å². The van der Waals surface area contributed by atoms with E-state index in [9.17, 15) is 4.79 Å². The van der Waals surface area contributed by atoms with E-state index in [1.165, 1.54) is 0 Å². The van der Waals surface area contributed by atoms with Crippen molar-refractivity contribution < 1.29 is 4.79 Å². The van der Waals surface area contributed by atoms with Crippen molar-refractivity contribution in [2.24, 2.45) is 0 Å². The summed E-state index contributed by atoms with van der Waals surface area (Å²) in [4.78, 5) is 11.9. The summed E-state index contributed by atoms with van der Waals surface area (Å²) in [7, 11) is 0. The molecule has 0 radical (unpaired) electrons. The summed E-state index contributed by atoms with van der Waals surface area (Å²) in [6.45, 7) is 0. The van der Waals surface area contributed by atoms with E-state index in [4.69, 9.17) is 23.2 Å². The molecule has 0 aliphatic carbocycles. The normalized spacial score (nSPS) is 10.2. The molecule has 0 aliphatic rings. The van der Waals surface area contributed by atoms with E-state index in [0.29, 0.717) is 21.3 Å². The van der Waals surface area contributed by atoms with Crippen LogP contribution in [0.1, 0.15) is 10.4 Å². The van der Waals surface area contributed by atoms with Crippen LogP contribution in [0.4, 0.5) is 5.69 Å². The molecule has 0 saturated heterocycles. The summed E-state index contributed by atoms with van der Waals surface area (Å²) < 4.78 is 0.757. The first-order valence-electron chi connectivity index (χ1n) is 5.08. The zero-order valence-electron chi connectivity index (χ0n) is 9.08. The highest BCUT2D eigenvalue weighted by atomic mass is 79.9. The molecule has 0 heterocycles. The molecule has 2 aromatic rings. The van der Waals surface area contributed by atoms with Crippen LogP contribution < -0.4 is 5.32 Å². The topological polar surface area (TPSA) is 29.1 Å². The van der Waals surface area contributed by atoms with E-state index in [1.54, 1.807) is 42.5 Å². The fourth-order valence-electron chi connectivity index (χ4n) is 1.37. The molecule has 18 heavy (non-hydrogen) atoms. The van der Waals surface area contributed by atoms with Crippen LogP contribution in [0.2, 0.25) is 10.0 Å². The predicted octanol–water partition coefficient (Wildman–Crippen LogP) is 5.01. The SMILES string of the molecule is O=C(Nc1ccc(Cl)cc1)c1ccc(Br)c(Cl)c1. The van der Waals surface area contributed by atoms with Gasteiger partial charge in [-0.15, -0.1) is 0 Å². The summed E-state index contributed by atoms with van der Waals surface area (Å²) in [5, 5.41) is 3.88. The second-order valence-electron chi connectivity index (χ2n) is 3.59. The molecule has 0 bridgehead atoms. The van der Waals surface area contributed by atoms with Gasteiger partial charge in [0.15, 0.2) is 0 Å². The van der Waals surface area contributed by atoms with E-state index >= 15 is 0 Å². The van der Waals surface area contributed by atoms with Crippen molar-refractivity contribution in [1.29, 1.82) is 0 Å². The molecule has 92 valence electrons. The van der Waals surface area contributed by atoms with Crippen molar-refractivity contribution in [2.45, 2.75) is 0 Å². The Bertz CT molecular complexity index is 584. The van der Waals surface area contributed by atoms with Crippen LogP contribution in [0.5, 0.6) is 0 Å². The molecule has 0 aromatic heterocycles. The summed E-state index contributed by atoms with van der Waals surface area (Å²) in [6.07, 6.45) is 0. The molecule has 2 aromatic carbocycles. The lowest BCUT2D eigenvalue weighted by Crippen LogP contribution is -2.11. The number of hydrogen-bond donors (Lipinski definition) is 1. The van der Waals surface area contributed by atoms with Gasteiger partial charge in [-0.25, -0.2) is 0 Å². The maximum absolute atomic E-state index is 11.9. The molecular formula is C13H8BrCl2NO. The second kappa shape index (κ2) is 5.74. The number of amides is 1. The van der Waals surface area contributed by atoms with Gasteiger partial charge in [0.1, 0.15) is 0 Å². The first-order valence-corrected chi connectivity index (χ1v) is 6.63. The molecule has 2 rings (SSSR count). The number of rotatable bonds is 2. The summed E-state index contributed by atoms with van der Waals surface area (Å²) in [6, 6.07) is 11.9. The molecule has 0 aliphatic heterocycles. The summed E-state index contributed by atoms with van der Waals surface area (Å²) in [5.41, 5.74) is 1.18. The largest absolute Gasteiger partial charge is 0.322 e. The second-order valence-corrected chi connectivity index (χ2v) is 5.29. The predicted molar refractivity (Wildman–Crippen MR) is 78.6 cm³/mol. The number of nitrogens with one attached hydrogen (secondary N) is 1. The van der Waals surface area contributed by atoms with Crippen molar-refractivity contribution in [1.82, 2.24) is 0 Å². The van der Waals surface area contributed by atoms with Crippen molar-refractivity contribution in [3.05, 3.63) is 62.5 Å². The standard InChI is InChI=1S/C13H8BrCl2NO/c14-11-6-1-8(7-12(11)16)13(18)17-10-4-2-9(15)3-5-10/h1-7H,(H,17,18). The maximum Gasteiger partial charge on any atom is 0.255 e. The number of anilines is 1. The zero-order chi connectivity index (χ0) is 13.1. The molecular weight excluding hydrogens is 337 g/mol. The van der Waals surface area contributed by atoms with Gasteiger partial charge in [-0.05, 0) is 58.4 Å². The highest BCUT2D eigenvalue weighted by molar-refractivity contribution is 9.10. The number of carbonyl (C=O) groups excluding carboxylic acids is 1. The quantitative estimate of drug-likeness (QED) is 0.815. The van der Waals surface area contributed by atoms with Crippen molar-refractivity contribution >= 4 is 50.7 Å². The van der Waals surface area contributed by atoms with Crippen molar-refractivity contribution in [3.63, 3.8) is 0 Å². The van der Waals surface area contributed by atoms with E-state index in [-0.39, 0.29) is 5.91 Å². The maximum atomic E-state index is 11.9. The van der Waals surface area contributed by atoms with Gasteiger partial charge in [0.2, 0.25) is 0 Å². The Morgan fingerprint density at radius 3 is 2.33 bits per heavy atom. The lowest BCUT2D eigenvalue weighted by Gasteiger charge is -2.06.